The molecule has 0 bridgehead atoms. The minimum absolute atomic E-state index is 0.160. The molecule has 4 rings (SSSR count). The predicted molar refractivity (Wildman–Crippen MR) is 143 cm³/mol. The number of esters is 1. The molecule has 0 radical (unpaired) electrons. The van der Waals surface area contributed by atoms with Crippen LogP contribution in [0.1, 0.15) is 22.8 Å². The summed E-state index contributed by atoms with van der Waals surface area (Å²) in [5.41, 5.74) is 1.45. The van der Waals surface area contributed by atoms with Crippen LogP contribution >= 0.6 is 11.8 Å². The van der Waals surface area contributed by atoms with Crippen molar-refractivity contribution in [3.8, 4) is 17.2 Å². The fourth-order valence-corrected chi connectivity index (χ4v) is 4.34. The zero-order valence-corrected chi connectivity index (χ0v) is 21.4. The first-order chi connectivity index (χ1) is 18.4. The van der Waals surface area contributed by atoms with Gasteiger partial charge in [-0.1, -0.05) is 24.3 Å². The summed E-state index contributed by atoms with van der Waals surface area (Å²) in [6, 6.07) is 20.0. The standard InChI is InChI=1S/C28H24N2O7S/c1-3-36-23-15-18(9-14-22(23)37-27(33)19-10-12-21(35-2)13-11-19)16-24-26(32)30(28(34)38-24)17-25(31)29-20-7-5-4-6-8-20/h4-16H,3,17H2,1-2H3,(H,29,31)/b24-16-. The van der Waals surface area contributed by atoms with Gasteiger partial charge in [-0.3, -0.25) is 19.3 Å². The lowest BCUT2D eigenvalue weighted by Gasteiger charge is -2.12. The molecule has 0 atom stereocenters. The van der Waals surface area contributed by atoms with Crippen LogP contribution in [0.2, 0.25) is 0 Å². The minimum atomic E-state index is -0.573. The number of imide groups is 1. The van der Waals surface area contributed by atoms with Crippen LogP contribution in [-0.4, -0.2) is 48.2 Å². The van der Waals surface area contributed by atoms with Crippen molar-refractivity contribution in [3.05, 3.63) is 88.8 Å². The molecular weight excluding hydrogens is 508 g/mol. The summed E-state index contributed by atoms with van der Waals surface area (Å²) in [5.74, 6) is -0.518. The lowest BCUT2D eigenvalue weighted by atomic mass is 10.1. The van der Waals surface area contributed by atoms with E-state index in [2.05, 4.69) is 5.32 Å². The second kappa shape index (κ2) is 12.1. The molecule has 38 heavy (non-hydrogen) atoms. The Labute approximate surface area is 223 Å². The van der Waals surface area contributed by atoms with E-state index in [1.807, 2.05) is 6.07 Å². The predicted octanol–water partition coefficient (Wildman–Crippen LogP) is 4.99. The Morgan fingerprint density at radius 2 is 1.71 bits per heavy atom. The molecule has 0 unspecified atom stereocenters. The van der Waals surface area contributed by atoms with Gasteiger partial charge in [0.2, 0.25) is 5.91 Å². The Morgan fingerprint density at radius 1 is 0.974 bits per heavy atom. The van der Waals surface area contributed by atoms with Crippen molar-refractivity contribution in [2.75, 3.05) is 25.6 Å². The lowest BCUT2D eigenvalue weighted by Crippen LogP contribution is -2.36. The molecule has 10 heteroatoms. The van der Waals surface area contributed by atoms with Crippen LogP contribution in [0.15, 0.2) is 77.7 Å². The molecule has 3 aromatic carbocycles. The van der Waals surface area contributed by atoms with Gasteiger partial charge in [0.05, 0.1) is 24.2 Å². The quantitative estimate of drug-likeness (QED) is 0.233. The Morgan fingerprint density at radius 3 is 2.39 bits per heavy atom. The maximum atomic E-state index is 12.9. The molecular formula is C28H24N2O7S. The van der Waals surface area contributed by atoms with Crippen molar-refractivity contribution in [3.63, 3.8) is 0 Å². The molecule has 1 N–H and O–H groups in total. The zero-order chi connectivity index (χ0) is 27.1. The van der Waals surface area contributed by atoms with Gasteiger partial charge in [-0.25, -0.2) is 4.79 Å². The molecule has 1 fully saturated rings. The van der Waals surface area contributed by atoms with Gasteiger partial charge in [0.1, 0.15) is 12.3 Å². The van der Waals surface area contributed by atoms with E-state index in [1.165, 1.54) is 13.2 Å². The molecule has 0 spiro atoms. The van der Waals surface area contributed by atoms with Crippen LogP contribution in [0.3, 0.4) is 0 Å². The fraction of sp³-hybridized carbons (Fsp3) is 0.143. The Kier molecular flexibility index (Phi) is 8.44. The number of hydrogen-bond donors (Lipinski definition) is 1. The van der Waals surface area contributed by atoms with Crippen molar-refractivity contribution >= 4 is 46.5 Å². The summed E-state index contributed by atoms with van der Waals surface area (Å²) in [5, 5.41) is 2.12. The van der Waals surface area contributed by atoms with E-state index in [0.29, 0.717) is 34.9 Å². The normalized spacial score (nSPS) is 13.9. The first-order valence-electron chi connectivity index (χ1n) is 11.6. The van der Waals surface area contributed by atoms with Crippen LogP contribution in [0.4, 0.5) is 10.5 Å². The number of amides is 3. The smallest absolute Gasteiger partial charge is 0.343 e. The number of benzene rings is 3. The molecule has 1 aliphatic rings. The highest BCUT2D eigenvalue weighted by atomic mass is 32.2. The number of rotatable bonds is 9. The summed E-state index contributed by atoms with van der Waals surface area (Å²) >= 11 is 0.741. The van der Waals surface area contributed by atoms with Crippen LogP contribution in [-0.2, 0) is 9.59 Å². The first kappa shape index (κ1) is 26.5. The third-order valence-corrected chi connectivity index (χ3v) is 6.23. The maximum Gasteiger partial charge on any atom is 0.343 e. The van der Waals surface area contributed by atoms with E-state index in [4.69, 9.17) is 14.2 Å². The number of nitrogens with one attached hydrogen (secondary N) is 1. The van der Waals surface area contributed by atoms with Gasteiger partial charge < -0.3 is 19.5 Å². The molecule has 0 aliphatic carbocycles. The van der Waals surface area contributed by atoms with Crippen LogP contribution in [0.5, 0.6) is 17.2 Å². The third kappa shape index (κ3) is 6.40. The van der Waals surface area contributed by atoms with E-state index in [1.54, 1.807) is 73.7 Å². The van der Waals surface area contributed by atoms with E-state index in [0.717, 1.165) is 16.7 Å². The SMILES string of the molecule is CCOc1cc(/C=C2\SC(=O)N(CC(=O)Nc3ccccc3)C2=O)ccc1OC(=O)c1ccc(OC)cc1. The van der Waals surface area contributed by atoms with Gasteiger partial charge in [-0.05, 0) is 78.9 Å². The molecule has 0 saturated carbocycles. The van der Waals surface area contributed by atoms with Gasteiger partial charge in [0, 0.05) is 5.69 Å². The summed E-state index contributed by atoms with van der Waals surface area (Å²) in [6.07, 6.45) is 1.53. The highest BCUT2D eigenvalue weighted by Crippen LogP contribution is 2.35. The molecule has 9 nitrogen and oxygen atoms in total. The summed E-state index contributed by atoms with van der Waals surface area (Å²) in [6.45, 7) is 1.69. The lowest BCUT2D eigenvalue weighted by molar-refractivity contribution is -0.127. The maximum absolute atomic E-state index is 12.9. The van der Waals surface area contributed by atoms with Crippen molar-refractivity contribution in [1.82, 2.24) is 4.90 Å². The van der Waals surface area contributed by atoms with Crippen molar-refractivity contribution < 1.29 is 33.4 Å². The van der Waals surface area contributed by atoms with E-state index in [9.17, 15) is 19.2 Å². The highest BCUT2D eigenvalue weighted by Gasteiger charge is 2.36. The van der Waals surface area contributed by atoms with Gasteiger partial charge >= 0.3 is 5.97 Å². The number of carbonyl (C=O) groups is 4. The number of methoxy groups -OCH3 is 1. The fourth-order valence-electron chi connectivity index (χ4n) is 3.51. The van der Waals surface area contributed by atoms with E-state index < -0.39 is 29.6 Å². The summed E-state index contributed by atoms with van der Waals surface area (Å²) < 4.78 is 16.3. The summed E-state index contributed by atoms with van der Waals surface area (Å²) in [4.78, 5) is 51.3. The number of para-hydroxylation sites is 1. The molecule has 3 aromatic rings. The number of nitrogens with zero attached hydrogens (tertiary/aromatic N) is 1. The highest BCUT2D eigenvalue weighted by molar-refractivity contribution is 8.18. The second-order valence-electron chi connectivity index (χ2n) is 7.94. The van der Waals surface area contributed by atoms with Gasteiger partial charge in [-0.15, -0.1) is 0 Å². The van der Waals surface area contributed by atoms with Crippen molar-refractivity contribution in [2.45, 2.75) is 6.92 Å². The van der Waals surface area contributed by atoms with Crippen LogP contribution in [0, 0.1) is 0 Å². The Balaban J connectivity index is 1.47. The largest absolute Gasteiger partial charge is 0.497 e. The monoisotopic (exact) mass is 532 g/mol. The van der Waals surface area contributed by atoms with E-state index >= 15 is 0 Å². The van der Waals surface area contributed by atoms with Crippen molar-refractivity contribution in [1.29, 1.82) is 0 Å². The van der Waals surface area contributed by atoms with Gasteiger partial charge in [-0.2, -0.15) is 0 Å². The molecule has 1 heterocycles. The number of ether oxygens (including phenoxy) is 3. The van der Waals surface area contributed by atoms with Crippen molar-refractivity contribution in [2.24, 2.45) is 0 Å². The number of carbonyl (C=O) groups excluding carboxylic acids is 4. The number of anilines is 1. The third-order valence-electron chi connectivity index (χ3n) is 5.33. The number of hydrogen-bond acceptors (Lipinski definition) is 8. The topological polar surface area (TPSA) is 111 Å². The molecule has 0 aromatic heterocycles. The molecule has 194 valence electrons. The van der Waals surface area contributed by atoms with Gasteiger partial charge in [0.15, 0.2) is 11.5 Å². The Hall–Kier alpha value is -4.57. The van der Waals surface area contributed by atoms with Crippen LogP contribution < -0.4 is 19.5 Å². The Bertz CT molecular complexity index is 1390. The first-order valence-corrected chi connectivity index (χ1v) is 12.4. The van der Waals surface area contributed by atoms with E-state index in [-0.39, 0.29) is 10.7 Å². The van der Waals surface area contributed by atoms with Crippen LogP contribution in [0.25, 0.3) is 6.08 Å². The average Bonchev–Trinajstić information content (AvgIpc) is 3.18. The summed E-state index contributed by atoms with van der Waals surface area (Å²) in [7, 11) is 1.53. The number of thioether (sulfide) groups is 1. The molecule has 1 saturated heterocycles. The second-order valence-corrected chi connectivity index (χ2v) is 8.93. The van der Waals surface area contributed by atoms with Gasteiger partial charge in [0.25, 0.3) is 11.1 Å². The molecule has 3 amide bonds. The zero-order valence-electron chi connectivity index (χ0n) is 20.6. The minimum Gasteiger partial charge on any atom is -0.497 e. The molecule has 1 aliphatic heterocycles. The average molecular weight is 533 g/mol.